The van der Waals surface area contributed by atoms with Gasteiger partial charge in [-0.05, 0) is 19.4 Å². The van der Waals surface area contributed by atoms with Gasteiger partial charge in [-0.3, -0.25) is 9.48 Å². The Bertz CT molecular complexity index is 865. The lowest BCUT2D eigenvalue weighted by atomic mass is 10.1. The molecule has 1 unspecified atom stereocenters. The first-order valence-corrected chi connectivity index (χ1v) is 9.34. The number of fused-ring (bicyclic) bond motifs is 1. The predicted octanol–water partition coefficient (Wildman–Crippen LogP) is 2.47. The first kappa shape index (κ1) is 19.4. The Labute approximate surface area is 162 Å². The van der Waals surface area contributed by atoms with Gasteiger partial charge in [-0.1, -0.05) is 36.7 Å². The molecule has 2 heterocycles. The highest BCUT2D eigenvalue weighted by Crippen LogP contribution is 2.26. The minimum Gasteiger partial charge on any atom is -0.461 e. The molecule has 1 aliphatic heterocycles. The molecule has 27 heavy (non-hydrogen) atoms. The fraction of sp³-hybridized carbons (Fsp3) is 0.421. The molecular weight excluding hydrogens is 370 g/mol. The van der Waals surface area contributed by atoms with Crippen LogP contribution in [-0.2, 0) is 17.7 Å². The van der Waals surface area contributed by atoms with Gasteiger partial charge in [-0.25, -0.2) is 4.79 Å². The zero-order chi connectivity index (χ0) is 19.6. The number of ether oxygens (including phenoxy) is 1. The van der Waals surface area contributed by atoms with E-state index in [1.807, 2.05) is 6.92 Å². The standard InChI is InChI=1S/C19H22ClN3O4/c1-3-12-16(19(26)27-4-2)21-23-10-9-22(18(25)17(12)23)11-15(24)13-7-5-6-8-14(13)20/h5-8,15,24H,3-4,9-11H2,1-2H3. The van der Waals surface area contributed by atoms with Crippen molar-refractivity contribution in [2.24, 2.45) is 0 Å². The second-order valence-electron chi connectivity index (χ2n) is 6.26. The lowest BCUT2D eigenvalue weighted by Crippen LogP contribution is -2.43. The van der Waals surface area contributed by atoms with Gasteiger partial charge in [0.25, 0.3) is 5.91 Å². The van der Waals surface area contributed by atoms with Gasteiger partial charge in [0, 0.05) is 22.7 Å². The minimum absolute atomic E-state index is 0.117. The van der Waals surface area contributed by atoms with Crippen molar-refractivity contribution in [1.82, 2.24) is 14.7 Å². The second kappa shape index (κ2) is 8.10. The van der Waals surface area contributed by atoms with E-state index < -0.39 is 12.1 Å². The highest BCUT2D eigenvalue weighted by atomic mass is 35.5. The molecule has 0 bridgehead atoms. The fourth-order valence-electron chi connectivity index (χ4n) is 3.29. The van der Waals surface area contributed by atoms with Crippen LogP contribution in [0.5, 0.6) is 0 Å². The van der Waals surface area contributed by atoms with E-state index in [-0.39, 0.29) is 24.8 Å². The van der Waals surface area contributed by atoms with Crippen LogP contribution in [0.3, 0.4) is 0 Å². The molecule has 0 saturated carbocycles. The van der Waals surface area contributed by atoms with Gasteiger partial charge >= 0.3 is 5.97 Å². The van der Waals surface area contributed by atoms with E-state index in [1.165, 1.54) is 0 Å². The average molecular weight is 392 g/mol. The molecule has 3 rings (SSSR count). The molecule has 8 heteroatoms. The number of esters is 1. The Morgan fingerprint density at radius 2 is 2.07 bits per heavy atom. The van der Waals surface area contributed by atoms with Gasteiger partial charge < -0.3 is 14.7 Å². The van der Waals surface area contributed by atoms with Crippen molar-refractivity contribution in [1.29, 1.82) is 0 Å². The number of aliphatic hydroxyl groups excluding tert-OH is 1. The number of rotatable bonds is 6. The number of hydrogen-bond donors (Lipinski definition) is 1. The number of β-amino-alcohol motifs (C(OH)–C–C–N with tert-alkyl or cyclic N) is 1. The van der Waals surface area contributed by atoms with E-state index in [0.29, 0.717) is 41.4 Å². The first-order valence-electron chi connectivity index (χ1n) is 8.96. The Hall–Kier alpha value is -2.38. The molecule has 1 N–H and O–H groups in total. The summed E-state index contributed by atoms with van der Waals surface area (Å²) in [6, 6.07) is 7.02. The van der Waals surface area contributed by atoms with Gasteiger partial charge in [-0.2, -0.15) is 5.10 Å². The third-order valence-electron chi connectivity index (χ3n) is 4.60. The number of aliphatic hydroxyl groups is 1. The molecule has 0 radical (unpaired) electrons. The van der Waals surface area contributed by atoms with Crippen LogP contribution in [0.4, 0.5) is 0 Å². The summed E-state index contributed by atoms with van der Waals surface area (Å²) in [5.41, 5.74) is 1.73. The quantitative estimate of drug-likeness (QED) is 0.764. The van der Waals surface area contributed by atoms with Gasteiger partial charge in [-0.15, -0.1) is 0 Å². The van der Waals surface area contributed by atoms with Crippen LogP contribution in [-0.4, -0.2) is 51.4 Å². The third-order valence-corrected chi connectivity index (χ3v) is 4.95. The minimum atomic E-state index is -0.897. The van der Waals surface area contributed by atoms with E-state index in [1.54, 1.807) is 40.8 Å². The van der Waals surface area contributed by atoms with Crippen molar-refractivity contribution in [3.8, 4) is 0 Å². The largest absolute Gasteiger partial charge is 0.461 e. The van der Waals surface area contributed by atoms with Crippen molar-refractivity contribution in [2.75, 3.05) is 19.7 Å². The summed E-state index contributed by atoms with van der Waals surface area (Å²) in [6.45, 7) is 4.79. The zero-order valence-corrected chi connectivity index (χ0v) is 16.1. The van der Waals surface area contributed by atoms with Gasteiger partial charge in [0.05, 0.1) is 25.8 Å². The number of benzene rings is 1. The van der Waals surface area contributed by atoms with Crippen LogP contribution >= 0.6 is 11.6 Å². The van der Waals surface area contributed by atoms with E-state index in [2.05, 4.69) is 5.10 Å². The Balaban J connectivity index is 1.85. The number of amides is 1. The van der Waals surface area contributed by atoms with Crippen LogP contribution in [0, 0.1) is 0 Å². The van der Waals surface area contributed by atoms with Crippen molar-refractivity contribution in [3.05, 3.63) is 51.8 Å². The van der Waals surface area contributed by atoms with Crippen molar-refractivity contribution < 1.29 is 19.4 Å². The SMILES string of the molecule is CCOC(=O)c1nn2c(c1CC)C(=O)N(CC(O)c1ccccc1Cl)CC2. The molecule has 2 aromatic rings. The van der Waals surface area contributed by atoms with Crippen LogP contribution < -0.4 is 0 Å². The van der Waals surface area contributed by atoms with Crippen molar-refractivity contribution in [3.63, 3.8) is 0 Å². The number of hydrogen-bond acceptors (Lipinski definition) is 5. The number of carbonyl (C=O) groups is 2. The number of aromatic nitrogens is 2. The van der Waals surface area contributed by atoms with E-state index in [0.717, 1.165) is 0 Å². The third kappa shape index (κ3) is 3.70. The molecular formula is C19H22ClN3O4. The summed E-state index contributed by atoms with van der Waals surface area (Å²) in [5, 5.41) is 15.3. The predicted molar refractivity (Wildman–Crippen MR) is 99.9 cm³/mol. The summed E-state index contributed by atoms with van der Waals surface area (Å²) in [4.78, 5) is 26.7. The van der Waals surface area contributed by atoms with E-state index in [4.69, 9.17) is 16.3 Å². The molecule has 0 aliphatic carbocycles. The summed E-state index contributed by atoms with van der Waals surface area (Å²) in [6.07, 6.45) is -0.414. The summed E-state index contributed by atoms with van der Waals surface area (Å²) >= 11 is 6.14. The maximum absolute atomic E-state index is 13.0. The molecule has 1 aromatic heterocycles. The maximum atomic E-state index is 13.0. The van der Waals surface area contributed by atoms with Crippen LogP contribution in [0.25, 0.3) is 0 Å². The normalized spacial score (nSPS) is 14.8. The number of nitrogens with zero attached hydrogens (tertiary/aromatic N) is 3. The van der Waals surface area contributed by atoms with E-state index >= 15 is 0 Å². The second-order valence-corrected chi connectivity index (χ2v) is 6.67. The molecule has 1 atom stereocenters. The lowest BCUT2D eigenvalue weighted by Gasteiger charge is -2.30. The highest BCUT2D eigenvalue weighted by Gasteiger charge is 2.33. The number of halogens is 1. The van der Waals surface area contributed by atoms with Gasteiger partial charge in [0.1, 0.15) is 5.69 Å². The summed E-state index contributed by atoms with van der Waals surface area (Å²) in [5.74, 6) is -0.779. The van der Waals surface area contributed by atoms with E-state index in [9.17, 15) is 14.7 Å². The van der Waals surface area contributed by atoms with Crippen LogP contribution in [0.1, 0.15) is 52.1 Å². The zero-order valence-electron chi connectivity index (χ0n) is 15.3. The topological polar surface area (TPSA) is 84.7 Å². The molecule has 1 aliphatic rings. The van der Waals surface area contributed by atoms with Crippen LogP contribution in [0.15, 0.2) is 24.3 Å². The molecule has 0 spiro atoms. The average Bonchev–Trinajstić information content (AvgIpc) is 3.04. The Morgan fingerprint density at radius 1 is 1.33 bits per heavy atom. The van der Waals surface area contributed by atoms with Crippen molar-refractivity contribution in [2.45, 2.75) is 32.9 Å². The van der Waals surface area contributed by atoms with Crippen LogP contribution in [0.2, 0.25) is 5.02 Å². The maximum Gasteiger partial charge on any atom is 0.359 e. The molecule has 0 fully saturated rings. The summed E-state index contributed by atoms with van der Waals surface area (Å²) < 4.78 is 6.61. The molecule has 7 nitrogen and oxygen atoms in total. The van der Waals surface area contributed by atoms with Crippen molar-refractivity contribution >= 4 is 23.5 Å². The smallest absolute Gasteiger partial charge is 0.359 e. The molecule has 144 valence electrons. The lowest BCUT2D eigenvalue weighted by molar-refractivity contribution is 0.0513. The highest BCUT2D eigenvalue weighted by molar-refractivity contribution is 6.31. The Morgan fingerprint density at radius 3 is 2.74 bits per heavy atom. The number of carbonyl (C=O) groups excluding carboxylic acids is 2. The fourth-order valence-corrected chi connectivity index (χ4v) is 3.55. The molecule has 1 aromatic carbocycles. The molecule has 0 saturated heterocycles. The van der Waals surface area contributed by atoms with Gasteiger partial charge in [0.2, 0.25) is 0 Å². The first-order chi connectivity index (χ1) is 13.0. The Kier molecular flexibility index (Phi) is 5.82. The summed E-state index contributed by atoms with van der Waals surface area (Å²) in [7, 11) is 0. The molecule has 1 amide bonds. The monoisotopic (exact) mass is 391 g/mol. The van der Waals surface area contributed by atoms with Gasteiger partial charge in [0.15, 0.2) is 5.69 Å².